The first-order valence-corrected chi connectivity index (χ1v) is 10.9. The van der Waals surface area contributed by atoms with Crippen LogP contribution in [0.5, 0.6) is 0 Å². The lowest BCUT2D eigenvalue weighted by Crippen LogP contribution is -2.35. The fourth-order valence-corrected chi connectivity index (χ4v) is 4.81. The molecule has 1 aliphatic heterocycles. The average molecular weight is 438 g/mol. The van der Waals surface area contributed by atoms with Crippen molar-refractivity contribution >= 4 is 27.2 Å². The number of nitrogens with one attached hydrogen (secondary N) is 1. The molecule has 0 aromatic heterocycles. The van der Waals surface area contributed by atoms with Gasteiger partial charge in [-0.2, -0.15) is 17.5 Å². The Kier molecular flexibility index (Phi) is 6.62. The molecule has 2 aromatic carbocycles. The maximum absolute atomic E-state index is 13.4. The normalized spacial score (nSPS) is 16.3. The molecule has 1 amide bonds. The molecule has 1 heterocycles. The van der Waals surface area contributed by atoms with Crippen LogP contribution in [-0.4, -0.2) is 37.9 Å². The van der Waals surface area contributed by atoms with Gasteiger partial charge >= 0.3 is 6.18 Å². The van der Waals surface area contributed by atoms with E-state index in [0.29, 0.717) is 19.2 Å². The molecular weight excluding hydrogens is 417 g/mol. The summed E-state index contributed by atoms with van der Waals surface area (Å²) in [5.41, 5.74) is -1.12. The number of allylic oxidation sites excluding steroid dienone is 1. The minimum atomic E-state index is -4.72. The van der Waals surface area contributed by atoms with Crippen LogP contribution in [0, 0.1) is 0 Å². The van der Waals surface area contributed by atoms with Crippen LogP contribution >= 0.6 is 0 Å². The number of carbonyl (C=O) groups excluding carboxylic acids is 1. The number of carbonyl (C=O) groups is 1. The number of anilines is 1. The highest BCUT2D eigenvalue weighted by atomic mass is 32.2. The van der Waals surface area contributed by atoms with Crippen molar-refractivity contribution in [2.75, 3.05) is 18.4 Å². The topological polar surface area (TPSA) is 66.5 Å². The molecule has 0 radical (unpaired) electrons. The van der Waals surface area contributed by atoms with E-state index >= 15 is 0 Å². The van der Waals surface area contributed by atoms with Gasteiger partial charge in [0.15, 0.2) is 0 Å². The van der Waals surface area contributed by atoms with Gasteiger partial charge < -0.3 is 5.32 Å². The van der Waals surface area contributed by atoms with Gasteiger partial charge in [0.2, 0.25) is 15.9 Å². The molecule has 1 fully saturated rings. The van der Waals surface area contributed by atoms with Gasteiger partial charge in [0, 0.05) is 24.9 Å². The molecule has 2 aromatic rings. The zero-order valence-corrected chi connectivity index (χ0v) is 16.8. The maximum atomic E-state index is 13.4. The van der Waals surface area contributed by atoms with E-state index in [-0.39, 0.29) is 16.1 Å². The molecule has 0 bridgehead atoms. The molecule has 1 N–H and O–H groups in total. The van der Waals surface area contributed by atoms with Crippen molar-refractivity contribution in [2.24, 2.45) is 0 Å². The summed E-state index contributed by atoms with van der Waals surface area (Å²) in [6.45, 7) is 0.849. The summed E-state index contributed by atoms with van der Waals surface area (Å²) >= 11 is 0. The number of halogens is 3. The maximum Gasteiger partial charge on any atom is 0.417 e. The highest BCUT2D eigenvalue weighted by Crippen LogP contribution is 2.33. The largest absolute Gasteiger partial charge is 0.417 e. The first kappa shape index (κ1) is 22.0. The van der Waals surface area contributed by atoms with Gasteiger partial charge in [-0.1, -0.05) is 42.8 Å². The molecule has 0 atom stereocenters. The lowest BCUT2D eigenvalue weighted by molar-refractivity contribution is -0.112. The van der Waals surface area contributed by atoms with Crippen molar-refractivity contribution in [1.82, 2.24) is 4.31 Å². The molecule has 1 saturated heterocycles. The Morgan fingerprint density at radius 3 is 2.27 bits per heavy atom. The minimum Gasteiger partial charge on any atom is -0.322 e. The third kappa shape index (κ3) is 5.28. The number of benzene rings is 2. The zero-order chi connectivity index (χ0) is 21.8. The van der Waals surface area contributed by atoms with Crippen molar-refractivity contribution < 1.29 is 26.4 Å². The third-order valence-corrected chi connectivity index (χ3v) is 6.61. The third-order valence-electron chi connectivity index (χ3n) is 4.72. The molecule has 30 heavy (non-hydrogen) atoms. The van der Waals surface area contributed by atoms with Gasteiger partial charge in [-0.3, -0.25) is 4.79 Å². The second-order valence-electron chi connectivity index (χ2n) is 6.90. The van der Waals surface area contributed by atoms with Gasteiger partial charge in [-0.25, -0.2) is 8.42 Å². The number of alkyl halides is 3. The number of hydrogen-bond donors (Lipinski definition) is 1. The standard InChI is InChI=1S/C21H21F3N2O3S/c22-21(23,24)19(16-8-3-1-4-9-16)15-20(27)25-17-10-7-11-18(14-17)30(28,29)26-12-5-2-6-13-26/h1,3-4,7-11,14-15H,2,5-6,12-13H2,(H,25,27)/b19-15+. The number of hydrogen-bond acceptors (Lipinski definition) is 3. The summed E-state index contributed by atoms with van der Waals surface area (Å²) in [6.07, 6.45) is -1.73. The smallest absolute Gasteiger partial charge is 0.322 e. The van der Waals surface area contributed by atoms with E-state index < -0.39 is 27.7 Å². The van der Waals surface area contributed by atoms with Gasteiger partial charge in [-0.15, -0.1) is 0 Å². The van der Waals surface area contributed by atoms with Gasteiger partial charge in [0.25, 0.3) is 0 Å². The van der Waals surface area contributed by atoms with Crippen LogP contribution in [0.25, 0.3) is 5.57 Å². The molecule has 0 aliphatic carbocycles. The fraction of sp³-hybridized carbons (Fsp3) is 0.286. The Balaban J connectivity index is 1.83. The Morgan fingerprint density at radius 1 is 0.967 bits per heavy atom. The molecule has 5 nitrogen and oxygen atoms in total. The van der Waals surface area contributed by atoms with Crippen LogP contribution in [0.4, 0.5) is 18.9 Å². The van der Waals surface area contributed by atoms with Crippen molar-refractivity contribution in [2.45, 2.75) is 30.3 Å². The number of nitrogens with zero attached hydrogens (tertiary/aromatic N) is 1. The quantitative estimate of drug-likeness (QED) is 0.702. The summed E-state index contributed by atoms with van der Waals surface area (Å²) in [4.78, 5) is 12.2. The van der Waals surface area contributed by atoms with E-state index in [4.69, 9.17) is 0 Å². The van der Waals surface area contributed by atoms with Crippen LogP contribution in [0.1, 0.15) is 24.8 Å². The molecule has 1 aliphatic rings. The summed E-state index contributed by atoms with van der Waals surface area (Å²) < 4.78 is 67.1. The van der Waals surface area contributed by atoms with Crippen molar-refractivity contribution in [1.29, 1.82) is 0 Å². The highest BCUT2D eigenvalue weighted by Gasteiger charge is 2.35. The summed E-state index contributed by atoms with van der Waals surface area (Å²) in [5.74, 6) is -1.00. The molecule has 160 valence electrons. The van der Waals surface area contributed by atoms with Gasteiger partial charge in [0.05, 0.1) is 10.5 Å². The van der Waals surface area contributed by atoms with Crippen LogP contribution in [-0.2, 0) is 14.8 Å². The lowest BCUT2D eigenvalue weighted by atomic mass is 10.1. The van der Waals surface area contributed by atoms with E-state index in [1.54, 1.807) is 6.07 Å². The van der Waals surface area contributed by atoms with E-state index in [9.17, 15) is 26.4 Å². The van der Waals surface area contributed by atoms with Crippen LogP contribution in [0.15, 0.2) is 65.6 Å². The molecule has 0 saturated carbocycles. The number of piperidine rings is 1. The molecule has 3 rings (SSSR count). The van der Waals surface area contributed by atoms with Gasteiger partial charge in [0.1, 0.15) is 0 Å². The first-order chi connectivity index (χ1) is 14.2. The lowest BCUT2D eigenvalue weighted by Gasteiger charge is -2.26. The predicted octanol–water partition coefficient (Wildman–Crippen LogP) is 4.45. The van der Waals surface area contributed by atoms with Crippen molar-refractivity contribution in [3.63, 3.8) is 0 Å². The Hall–Kier alpha value is -2.65. The van der Waals surface area contributed by atoms with Crippen molar-refractivity contribution in [3.05, 3.63) is 66.2 Å². The summed E-state index contributed by atoms with van der Waals surface area (Å²) in [6, 6.07) is 12.5. The van der Waals surface area contributed by atoms with Crippen LogP contribution < -0.4 is 5.32 Å². The van der Waals surface area contributed by atoms with Crippen molar-refractivity contribution in [3.8, 4) is 0 Å². The molecule has 0 unspecified atom stereocenters. The van der Waals surface area contributed by atoms with E-state index in [1.807, 2.05) is 0 Å². The van der Waals surface area contributed by atoms with E-state index in [1.165, 1.54) is 52.8 Å². The van der Waals surface area contributed by atoms with Crippen LogP contribution in [0.3, 0.4) is 0 Å². The second-order valence-corrected chi connectivity index (χ2v) is 8.84. The second kappa shape index (κ2) is 9.01. The Labute approximate surface area is 173 Å². The Bertz CT molecular complexity index is 1030. The highest BCUT2D eigenvalue weighted by molar-refractivity contribution is 7.89. The van der Waals surface area contributed by atoms with Gasteiger partial charge in [-0.05, 0) is 36.6 Å². The summed E-state index contributed by atoms with van der Waals surface area (Å²) in [5, 5.41) is 2.33. The average Bonchev–Trinajstić information content (AvgIpc) is 2.73. The molecular formula is C21H21F3N2O3S. The number of rotatable bonds is 5. The number of sulfonamides is 1. The predicted molar refractivity (Wildman–Crippen MR) is 108 cm³/mol. The number of amides is 1. The fourth-order valence-electron chi connectivity index (χ4n) is 3.24. The van der Waals surface area contributed by atoms with E-state index in [2.05, 4.69) is 5.32 Å². The monoisotopic (exact) mass is 438 g/mol. The first-order valence-electron chi connectivity index (χ1n) is 9.43. The minimum absolute atomic E-state index is 0.00900. The SMILES string of the molecule is O=C(/C=C(\c1ccccc1)C(F)(F)F)Nc1cccc(S(=O)(=O)N2CCCCC2)c1. The molecule has 0 spiro atoms. The zero-order valence-electron chi connectivity index (χ0n) is 16.0. The summed E-state index contributed by atoms with van der Waals surface area (Å²) in [7, 11) is -3.72. The van der Waals surface area contributed by atoms with Crippen LogP contribution in [0.2, 0.25) is 0 Å². The molecule has 9 heteroatoms. The van der Waals surface area contributed by atoms with E-state index in [0.717, 1.165) is 19.3 Å². The Morgan fingerprint density at radius 2 is 1.63 bits per heavy atom.